The van der Waals surface area contributed by atoms with Gasteiger partial charge in [-0.1, -0.05) is 59.6 Å². The van der Waals surface area contributed by atoms with Crippen molar-refractivity contribution in [2.24, 2.45) is 5.10 Å². The van der Waals surface area contributed by atoms with Crippen LogP contribution in [0.4, 0.5) is 0 Å². The number of hydrogen-bond acceptors (Lipinski definition) is 2. The molecule has 0 aromatic heterocycles. The molecule has 21 heavy (non-hydrogen) atoms. The third kappa shape index (κ3) is 5.21. The number of nitrogens with zero attached hydrogens (tertiary/aromatic N) is 1. The Labute approximate surface area is 133 Å². The monoisotopic (exact) mass is 320 g/mol. The molecule has 5 heteroatoms. The number of aryl methyl sites for hydroxylation is 1. The zero-order valence-corrected chi connectivity index (χ0v) is 12.7. The molecule has 0 aliphatic heterocycles. The molecule has 108 valence electrons. The van der Waals surface area contributed by atoms with Gasteiger partial charge in [-0.2, -0.15) is 5.10 Å². The predicted molar refractivity (Wildman–Crippen MR) is 87.0 cm³/mol. The number of benzene rings is 2. The highest BCUT2D eigenvalue weighted by atomic mass is 35.5. The van der Waals surface area contributed by atoms with Gasteiger partial charge in [-0.15, -0.1) is 0 Å². The largest absolute Gasteiger partial charge is 0.273 e. The number of rotatable bonds is 5. The second kappa shape index (κ2) is 7.81. The summed E-state index contributed by atoms with van der Waals surface area (Å²) in [6.07, 6.45) is 2.57. The molecule has 0 aliphatic rings. The number of carbonyl (C=O) groups excluding carboxylic acids is 1. The summed E-state index contributed by atoms with van der Waals surface area (Å²) in [4.78, 5) is 11.7. The molecule has 0 radical (unpaired) electrons. The molecule has 0 bridgehead atoms. The van der Waals surface area contributed by atoms with Crippen molar-refractivity contribution in [3.05, 3.63) is 69.7 Å². The van der Waals surface area contributed by atoms with Crippen molar-refractivity contribution in [1.29, 1.82) is 0 Å². The Kier molecular flexibility index (Phi) is 5.78. The maximum Gasteiger partial charge on any atom is 0.240 e. The highest BCUT2D eigenvalue weighted by Gasteiger charge is 2.01. The fraction of sp³-hybridized carbons (Fsp3) is 0.125. The van der Waals surface area contributed by atoms with Crippen LogP contribution in [0.3, 0.4) is 0 Å². The molecule has 2 aromatic rings. The summed E-state index contributed by atoms with van der Waals surface area (Å²) in [5, 5.41) is 4.94. The van der Waals surface area contributed by atoms with Crippen molar-refractivity contribution in [2.45, 2.75) is 12.8 Å². The standard InChI is InChI=1S/C16H14Cl2N2O/c17-14-8-7-13(15(18)10-14)11-19-20-16(21)9-6-12-4-2-1-3-5-12/h1-5,7-8,10-11H,6,9H2,(H,20,21). The first-order valence-corrected chi connectivity index (χ1v) is 7.21. The van der Waals surface area contributed by atoms with E-state index < -0.39 is 0 Å². The number of hydrazone groups is 1. The summed E-state index contributed by atoms with van der Waals surface area (Å²) in [6, 6.07) is 14.9. The van der Waals surface area contributed by atoms with Gasteiger partial charge >= 0.3 is 0 Å². The van der Waals surface area contributed by atoms with Crippen LogP contribution in [0.25, 0.3) is 0 Å². The van der Waals surface area contributed by atoms with E-state index in [2.05, 4.69) is 10.5 Å². The lowest BCUT2D eigenvalue weighted by molar-refractivity contribution is -0.121. The molecular weight excluding hydrogens is 307 g/mol. The lowest BCUT2D eigenvalue weighted by atomic mass is 10.1. The van der Waals surface area contributed by atoms with E-state index in [9.17, 15) is 4.79 Å². The molecular formula is C16H14Cl2N2O. The highest BCUT2D eigenvalue weighted by molar-refractivity contribution is 6.36. The van der Waals surface area contributed by atoms with E-state index in [-0.39, 0.29) is 5.91 Å². The third-order valence-electron chi connectivity index (χ3n) is 2.84. The zero-order chi connectivity index (χ0) is 15.1. The third-order valence-corrected chi connectivity index (χ3v) is 3.40. The second-order valence-corrected chi connectivity index (χ2v) is 5.29. The first kappa shape index (κ1) is 15.5. The minimum Gasteiger partial charge on any atom is -0.273 e. The molecule has 0 aliphatic carbocycles. The summed E-state index contributed by atoms with van der Waals surface area (Å²) in [7, 11) is 0. The summed E-state index contributed by atoms with van der Waals surface area (Å²) < 4.78 is 0. The highest BCUT2D eigenvalue weighted by Crippen LogP contribution is 2.19. The van der Waals surface area contributed by atoms with Gasteiger partial charge < -0.3 is 0 Å². The molecule has 0 atom stereocenters. The van der Waals surface area contributed by atoms with Crippen LogP contribution in [0.5, 0.6) is 0 Å². The quantitative estimate of drug-likeness (QED) is 0.654. The summed E-state index contributed by atoms with van der Waals surface area (Å²) in [6.45, 7) is 0. The number of carbonyl (C=O) groups is 1. The van der Waals surface area contributed by atoms with E-state index >= 15 is 0 Å². The topological polar surface area (TPSA) is 41.5 Å². The number of nitrogens with one attached hydrogen (secondary N) is 1. The van der Waals surface area contributed by atoms with E-state index in [0.717, 1.165) is 5.56 Å². The van der Waals surface area contributed by atoms with E-state index in [1.807, 2.05) is 30.3 Å². The van der Waals surface area contributed by atoms with Crippen LogP contribution >= 0.6 is 23.2 Å². The van der Waals surface area contributed by atoms with Crippen LogP contribution in [-0.2, 0) is 11.2 Å². The first-order chi connectivity index (χ1) is 10.1. The first-order valence-electron chi connectivity index (χ1n) is 6.46. The molecule has 2 rings (SSSR count). The minimum atomic E-state index is -0.139. The normalized spacial score (nSPS) is 10.8. The Balaban J connectivity index is 1.82. The molecule has 0 spiro atoms. The molecule has 1 N–H and O–H groups in total. The van der Waals surface area contributed by atoms with Crippen LogP contribution in [0.1, 0.15) is 17.5 Å². The van der Waals surface area contributed by atoms with Crippen LogP contribution in [0.15, 0.2) is 53.6 Å². The lowest BCUT2D eigenvalue weighted by Crippen LogP contribution is -2.17. The van der Waals surface area contributed by atoms with Gasteiger partial charge in [0, 0.05) is 17.0 Å². The number of hydrogen-bond donors (Lipinski definition) is 1. The van der Waals surface area contributed by atoms with E-state index in [1.54, 1.807) is 18.2 Å². The van der Waals surface area contributed by atoms with Crippen molar-refractivity contribution in [3.63, 3.8) is 0 Å². The number of halogens is 2. The lowest BCUT2D eigenvalue weighted by Gasteiger charge is -2.01. The Morgan fingerprint density at radius 2 is 1.90 bits per heavy atom. The van der Waals surface area contributed by atoms with Gasteiger partial charge in [0.25, 0.3) is 0 Å². The predicted octanol–water partition coefficient (Wildman–Crippen LogP) is 4.08. The van der Waals surface area contributed by atoms with E-state index in [1.165, 1.54) is 6.21 Å². The van der Waals surface area contributed by atoms with Crippen LogP contribution in [-0.4, -0.2) is 12.1 Å². The van der Waals surface area contributed by atoms with Crippen molar-refractivity contribution >= 4 is 35.3 Å². The molecule has 0 saturated heterocycles. The fourth-order valence-electron chi connectivity index (χ4n) is 1.74. The van der Waals surface area contributed by atoms with Gasteiger partial charge in [-0.05, 0) is 24.1 Å². The molecule has 0 heterocycles. The van der Waals surface area contributed by atoms with Gasteiger partial charge in [0.15, 0.2) is 0 Å². The molecule has 0 saturated carbocycles. The summed E-state index contributed by atoms with van der Waals surface area (Å²) in [5.41, 5.74) is 4.30. The fourth-order valence-corrected chi connectivity index (χ4v) is 2.20. The van der Waals surface area contributed by atoms with Gasteiger partial charge in [-0.3, -0.25) is 4.79 Å². The van der Waals surface area contributed by atoms with Gasteiger partial charge in [0.1, 0.15) is 0 Å². The maximum absolute atomic E-state index is 11.7. The Bertz CT molecular complexity index is 642. The zero-order valence-electron chi connectivity index (χ0n) is 11.2. The minimum absolute atomic E-state index is 0.139. The van der Waals surface area contributed by atoms with Crippen LogP contribution in [0, 0.1) is 0 Å². The smallest absolute Gasteiger partial charge is 0.240 e. The second-order valence-electron chi connectivity index (χ2n) is 4.44. The Morgan fingerprint density at radius 3 is 2.62 bits per heavy atom. The molecule has 0 fully saturated rings. The Hall–Kier alpha value is -1.84. The SMILES string of the molecule is O=C(CCc1ccccc1)NN=Cc1ccc(Cl)cc1Cl. The van der Waals surface area contributed by atoms with Crippen molar-refractivity contribution in [1.82, 2.24) is 5.43 Å². The summed E-state index contributed by atoms with van der Waals surface area (Å²) >= 11 is 11.8. The molecule has 1 amide bonds. The van der Waals surface area contributed by atoms with Crippen LogP contribution < -0.4 is 5.43 Å². The molecule has 3 nitrogen and oxygen atoms in total. The van der Waals surface area contributed by atoms with E-state index in [4.69, 9.17) is 23.2 Å². The van der Waals surface area contributed by atoms with Crippen molar-refractivity contribution < 1.29 is 4.79 Å². The van der Waals surface area contributed by atoms with Gasteiger partial charge in [-0.25, -0.2) is 5.43 Å². The van der Waals surface area contributed by atoms with Gasteiger partial charge in [0.2, 0.25) is 5.91 Å². The summed E-state index contributed by atoms with van der Waals surface area (Å²) in [5.74, 6) is -0.139. The molecule has 2 aromatic carbocycles. The van der Waals surface area contributed by atoms with E-state index in [0.29, 0.717) is 28.5 Å². The maximum atomic E-state index is 11.7. The Morgan fingerprint density at radius 1 is 1.14 bits per heavy atom. The average Bonchev–Trinajstić information content (AvgIpc) is 2.48. The average molecular weight is 321 g/mol. The van der Waals surface area contributed by atoms with Crippen molar-refractivity contribution in [2.75, 3.05) is 0 Å². The van der Waals surface area contributed by atoms with Crippen LogP contribution in [0.2, 0.25) is 10.0 Å². The molecule has 0 unspecified atom stereocenters. The number of amides is 1. The van der Waals surface area contributed by atoms with Gasteiger partial charge in [0.05, 0.1) is 11.2 Å². The van der Waals surface area contributed by atoms with Crippen molar-refractivity contribution in [3.8, 4) is 0 Å².